The van der Waals surface area contributed by atoms with Crippen molar-refractivity contribution in [3.63, 3.8) is 0 Å². The first kappa shape index (κ1) is 41.8. The van der Waals surface area contributed by atoms with E-state index in [2.05, 4.69) is 0 Å². The van der Waals surface area contributed by atoms with Crippen LogP contribution in [-0.2, 0) is 49.3 Å². The Morgan fingerprint density at radius 2 is 0.758 bits per heavy atom. The second kappa shape index (κ2) is 14.8. The molecule has 11 rings (SSSR count). The van der Waals surface area contributed by atoms with Crippen molar-refractivity contribution in [3.8, 4) is 11.5 Å². The van der Waals surface area contributed by atoms with Crippen LogP contribution < -0.4 is 9.47 Å². The summed E-state index contributed by atoms with van der Waals surface area (Å²) in [6.07, 6.45) is 7.08. The number of carbonyl (C=O) groups is 8. The molecular formula is C50H46N2O14. The molecule has 0 aromatic heterocycles. The Bertz CT molecular complexity index is 2840. The van der Waals surface area contributed by atoms with Crippen molar-refractivity contribution in [1.29, 1.82) is 0 Å². The van der Waals surface area contributed by atoms with Gasteiger partial charge in [-0.1, -0.05) is 38.5 Å². The first-order valence-corrected chi connectivity index (χ1v) is 23.1. The minimum atomic E-state index is -2.73. The molecule has 16 nitrogen and oxygen atoms in total. The molecule has 0 saturated heterocycles. The van der Waals surface area contributed by atoms with Crippen LogP contribution in [0.2, 0.25) is 0 Å². The molecule has 0 spiro atoms. The maximum absolute atomic E-state index is 15.1. The first-order chi connectivity index (χ1) is 31.9. The number of benzene rings is 5. The normalized spacial score (nSPS) is 19.5. The van der Waals surface area contributed by atoms with E-state index in [4.69, 9.17) is 28.4 Å². The number of hydrogen-bond donors (Lipinski definition) is 0. The van der Waals surface area contributed by atoms with Gasteiger partial charge in [-0.25, -0.2) is 19.2 Å². The van der Waals surface area contributed by atoms with Gasteiger partial charge in [0.05, 0.1) is 37.6 Å². The SMILES string of the molecule is CCOC(=O)C1(C(=O)OCC)Oc2cc3c4c(cc5c6c7c(cc8c9c(cc1c(c2c46)c97)C(=O)N(C1CCCCC1)C8=O)OC5(C(=O)OCC)C(=O)OCC)C(=O)N(C1CCCCC1)C3=O. The summed E-state index contributed by atoms with van der Waals surface area (Å²) in [5.74, 6) is -7.57. The van der Waals surface area contributed by atoms with Gasteiger partial charge >= 0.3 is 35.1 Å². The largest absolute Gasteiger partial charge is 0.462 e. The number of carbonyl (C=O) groups excluding carboxylic acids is 8. The lowest BCUT2D eigenvalue weighted by Gasteiger charge is -2.43. The topological polar surface area (TPSA) is 198 Å². The molecule has 2 saturated carbocycles. The van der Waals surface area contributed by atoms with Crippen LogP contribution >= 0.6 is 0 Å². The van der Waals surface area contributed by atoms with E-state index < -0.39 is 70.8 Å². The molecule has 0 bridgehead atoms. The van der Waals surface area contributed by atoms with Crippen molar-refractivity contribution in [2.75, 3.05) is 26.4 Å². The standard InChI is InChI=1S/C50H46N2O14/c1-5-61-45(57)49(46(58)62-6-2)29-19-25-33-28(44(56)51(41(25)53)23-15-11-9-12-16-23)22-32-38-36-30(50(66-32,47(59)63-7-3)48(60)64-8-4)20-26-34-27(21-31(65-49)37(40(34)36)35(29)39(33)38)43(55)52(42(26)54)24-17-13-10-14-18-24/h19-24H,5-18H2,1-4H3. The summed E-state index contributed by atoms with van der Waals surface area (Å²) in [4.78, 5) is 122. The Hall–Kier alpha value is -6.84. The Balaban J connectivity index is 1.38. The highest BCUT2D eigenvalue weighted by molar-refractivity contribution is 6.45. The lowest BCUT2D eigenvalue weighted by Crippen LogP contribution is -2.54. The third kappa shape index (κ3) is 5.15. The summed E-state index contributed by atoms with van der Waals surface area (Å²) in [6, 6.07) is 4.61. The quantitative estimate of drug-likeness (QED) is 0.0346. The lowest BCUT2D eigenvalue weighted by molar-refractivity contribution is -0.182. The highest BCUT2D eigenvalue weighted by Gasteiger charge is 2.62. The fourth-order valence-electron chi connectivity index (χ4n) is 11.8. The Kier molecular flexibility index (Phi) is 9.41. The third-order valence-corrected chi connectivity index (χ3v) is 14.4. The molecule has 2 aliphatic carbocycles. The highest BCUT2D eigenvalue weighted by Crippen LogP contribution is 2.61. The molecule has 16 heteroatoms. The van der Waals surface area contributed by atoms with Crippen LogP contribution in [-0.4, -0.2) is 95.8 Å². The number of rotatable bonds is 10. The lowest BCUT2D eigenvalue weighted by atomic mass is 9.72. The van der Waals surface area contributed by atoms with Gasteiger partial charge in [-0.3, -0.25) is 29.0 Å². The van der Waals surface area contributed by atoms with Crippen molar-refractivity contribution in [2.24, 2.45) is 0 Å². The van der Waals surface area contributed by atoms with Gasteiger partial charge in [-0.15, -0.1) is 0 Å². The second-order valence-electron chi connectivity index (χ2n) is 17.8. The minimum Gasteiger partial charge on any atom is -0.462 e. The summed E-state index contributed by atoms with van der Waals surface area (Å²) in [5.41, 5.74) is -5.78. The fraction of sp³-hybridized carbons (Fsp3) is 0.440. The van der Waals surface area contributed by atoms with Crippen molar-refractivity contribution < 1.29 is 66.8 Å². The first-order valence-electron chi connectivity index (χ1n) is 23.1. The molecular weight excluding hydrogens is 853 g/mol. The van der Waals surface area contributed by atoms with Crippen molar-refractivity contribution in [1.82, 2.24) is 9.80 Å². The molecule has 5 aromatic rings. The van der Waals surface area contributed by atoms with Gasteiger partial charge < -0.3 is 28.4 Å². The zero-order chi connectivity index (χ0) is 46.1. The van der Waals surface area contributed by atoms with Gasteiger partial charge in [0.25, 0.3) is 23.6 Å². The molecule has 2 fully saturated rings. The summed E-state index contributed by atoms with van der Waals surface area (Å²) in [7, 11) is 0. The highest BCUT2D eigenvalue weighted by atomic mass is 16.6. The van der Waals surface area contributed by atoms with Crippen molar-refractivity contribution in [2.45, 2.75) is 115 Å². The van der Waals surface area contributed by atoms with Crippen molar-refractivity contribution >= 4 is 90.6 Å². The average molecular weight is 899 g/mol. The third-order valence-electron chi connectivity index (χ3n) is 14.4. The van der Waals surface area contributed by atoms with Crippen LogP contribution in [0.1, 0.15) is 144 Å². The number of amides is 4. The van der Waals surface area contributed by atoms with Crippen molar-refractivity contribution in [3.05, 3.63) is 57.6 Å². The van der Waals surface area contributed by atoms with Gasteiger partial charge in [0.1, 0.15) is 11.5 Å². The van der Waals surface area contributed by atoms with E-state index in [9.17, 15) is 19.2 Å². The Labute approximate surface area is 377 Å². The van der Waals surface area contributed by atoms with Gasteiger partial charge in [-0.05, 0) is 77.6 Å². The van der Waals surface area contributed by atoms with Crippen LogP contribution in [0.4, 0.5) is 0 Å². The van der Waals surface area contributed by atoms with E-state index in [-0.39, 0.29) is 114 Å². The van der Waals surface area contributed by atoms with Gasteiger partial charge in [0.2, 0.25) is 0 Å². The van der Waals surface area contributed by atoms with Crippen LogP contribution in [0.5, 0.6) is 11.5 Å². The summed E-state index contributed by atoms with van der Waals surface area (Å²) < 4.78 is 36.1. The molecule has 6 aliphatic rings. The van der Waals surface area contributed by atoms with E-state index in [1.54, 1.807) is 27.7 Å². The molecule has 4 heterocycles. The van der Waals surface area contributed by atoms with E-state index >= 15 is 19.2 Å². The number of imide groups is 2. The number of esters is 4. The Morgan fingerprint density at radius 3 is 1.06 bits per heavy atom. The van der Waals surface area contributed by atoms with Crippen LogP contribution in [0.25, 0.3) is 43.1 Å². The molecule has 66 heavy (non-hydrogen) atoms. The summed E-state index contributed by atoms with van der Waals surface area (Å²) in [5, 5.41) is 1.37. The number of ether oxygens (including phenoxy) is 6. The molecule has 4 aliphatic heterocycles. The van der Waals surface area contributed by atoms with E-state index in [1.807, 2.05) is 0 Å². The van der Waals surface area contributed by atoms with E-state index in [0.717, 1.165) is 38.5 Å². The zero-order valence-electron chi connectivity index (χ0n) is 37.0. The van der Waals surface area contributed by atoms with Gasteiger partial charge in [0, 0.05) is 77.4 Å². The number of hydrogen-bond acceptors (Lipinski definition) is 14. The molecule has 0 unspecified atom stereocenters. The van der Waals surface area contributed by atoms with E-state index in [1.165, 1.54) is 34.1 Å². The summed E-state index contributed by atoms with van der Waals surface area (Å²) in [6.45, 7) is 5.46. The van der Waals surface area contributed by atoms with E-state index in [0.29, 0.717) is 25.7 Å². The maximum Gasteiger partial charge on any atom is 0.367 e. The average Bonchev–Trinajstić information content (AvgIpc) is 3.32. The molecule has 0 atom stereocenters. The predicted molar refractivity (Wildman–Crippen MR) is 234 cm³/mol. The molecule has 5 aromatic carbocycles. The van der Waals surface area contributed by atoms with Crippen LogP contribution in [0.3, 0.4) is 0 Å². The fourth-order valence-corrected chi connectivity index (χ4v) is 11.8. The molecule has 340 valence electrons. The minimum absolute atomic E-state index is 0.00484. The van der Waals surface area contributed by atoms with Crippen LogP contribution in [0, 0.1) is 0 Å². The predicted octanol–water partition coefficient (Wildman–Crippen LogP) is 7.02. The van der Waals surface area contributed by atoms with Crippen LogP contribution in [0.15, 0.2) is 24.3 Å². The summed E-state index contributed by atoms with van der Waals surface area (Å²) >= 11 is 0. The Morgan fingerprint density at radius 1 is 0.455 bits per heavy atom. The molecule has 0 radical (unpaired) electrons. The number of nitrogens with zero attached hydrogens (tertiary/aromatic N) is 2. The monoisotopic (exact) mass is 898 g/mol. The second-order valence-corrected chi connectivity index (χ2v) is 17.8. The molecule has 4 amide bonds. The van der Waals surface area contributed by atoms with Gasteiger partial charge in [-0.2, -0.15) is 0 Å². The van der Waals surface area contributed by atoms with Gasteiger partial charge in [0.15, 0.2) is 0 Å². The maximum atomic E-state index is 15.1. The molecule has 0 N–H and O–H groups in total. The zero-order valence-corrected chi connectivity index (χ0v) is 37.0. The smallest absolute Gasteiger partial charge is 0.367 e.